The summed E-state index contributed by atoms with van der Waals surface area (Å²) in [7, 11) is 0. The van der Waals surface area contributed by atoms with Gasteiger partial charge in [-0.15, -0.1) is 0 Å². The summed E-state index contributed by atoms with van der Waals surface area (Å²) in [5.74, 6) is 0.944. The van der Waals surface area contributed by atoms with Crippen molar-refractivity contribution in [2.75, 3.05) is 37.7 Å². The fraction of sp³-hybridized carbons (Fsp3) is 0.526. The van der Waals surface area contributed by atoms with Crippen LogP contribution in [0.2, 0.25) is 0 Å². The largest absolute Gasteiger partial charge is 0.388 e. The van der Waals surface area contributed by atoms with Crippen molar-refractivity contribution >= 4 is 5.69 Å². The average molecular weight is 343 g/mol. The van der Waals surface area contributed by atoms with Gasteiger partial charge in [0, 0.05) is 50.4 Å². The van der Waals surface area contributed by atoms with Crippen molar-refractivity contribution in [2.24, 2.45) is 0 Å². The number of rotatable bonds is 5. The maximum Gasteiger partial charge on any atom is 0.162 e. The minimum absolute atomic E-state index is 0.0885. The van der Waals surface area contributed by atoms with E-state index < -0.39 is 0 Å². The van der Waals surface area contributed by atoms with Crippen molar-refractivity contribution in [1.82, 2.24) is 10.1 Å². The number of aromatic nitrogens is 1. The van der Waals surface area contributed by atoms with Gasteiger partial charge >= 0.3 is 0 Å². The molecule has 0 amide bonds. The van der Waals surface area contributed by atoms with Crippen LogP contribution in [0, 0.1) is 0 Å². The molecule has 0 saturated carbocycles. The molecule has 0 spiro atoms. The second-order valence-corrected chi connectivity index (χ2v) is 7.02. The Labute approximate surface area is 148 Å². The molecule has 1 N–H and O–H groups in total. The molecule has 2 aliphatic heterocycles. The van der Waals surface area contributed by atoms with E-state index in [9.17, 15) is 0 Å². The van der Waals surface area contributed by atoms with Crippen LogP contribution in [0.25, 0.3) is 0 Å². The first-order chi connectivity index (χ1) is 12.2. The summed E-state index contributed by atoms with van der Waals surface area (Å²) in [5.41, 5.74) is 3.65. The SMILES string of the molecule is CC1CN(c2ccccc2CN2CC(c3cc(CO)on3)C2)CCO1. The van der Waals surface area contributed by atoms with Crippen molar-refractivity contribution in [3.05, 3.63) is 47.3 Å². The standard InChI is InChI=1S/C19H25N3O3/c1-14-9-22(6-7-24-14)19-5-3-2-4-15(19)10-21-11-16(12-21)18-8-17(13-23)25-20-18/h2-5,8,14,16,23H,6-7,9-13H2,1H3. The molecular formula is C19H25N3O3. The summed E-state index contributed by atoms with van der Waals surface area (Å²) in [4.78, 5) is 4.87. The van der Waals surface area contributed by atoms with Crippen molar-refractivity contribution in [2.45, 2.75) is 32.1 Å². The number of aliphatic hydroxyl groups is 1. The van der Waals surface area contributed by atoms with Crippen LogP contribution in [0.15, 0.2) is 34.9 Å². The van der Waals surface area contributed by atoms with Gasteiger partial charge < -0.3 is 19.3 Å². The monoisotopic (exact) mass is 343 g/mol. The Hall–Kier alpha value is -1.89. The van der Waals surface area contributed by atoms with E-state index in [0.717, 1.165) is 45.0 Å². The quantitative estimate of drug-likeness (QED) is 0.896. The van der Waals surface area contributed by atoms with E-state index >= 15 is 0 Å². The Morgan fingerprint density at radius 3 is 2.84 bits per heavy atom. The lowest BCUT2D eigenvalue weighted by Gasteiger charge is -2.40. The first-order valence-corrected chi connectivity index (χ1v) is 8.96. The Kier molecular flexibility index (Phi) is 4.74. The van der Waals surface area contributed by atoms with Crippen LogP contribution in [0.4, 0.5) is 5.69 Å². The number of anilines is 1. The van der Waals surface area contributed by atoms with Gasteiger partial charge in [0.25, 0.3) is 0 Å². The van der Waals surface area contributed by atoms with Gasteiger partial charge in [0.1, 0.15) is 6.61 Å². The molecule has 0 radical (unpaired) electrons. The summed E-state index contributed by atoms with van der Waals surface area (Å²) in [6.45, 7) is 7.64. The van der Waals surface area contributed by atoms with Crippen molar-refractivity contribution < 1.29 is 14.4 Å². The zero-order chi connectivity index (χ0) is 17.2. The van der Waals surface area contributed by atoms with Gasteiger partial charge in [-0.1, -0.05) is 23.4 Å². The number of morpholine rings is 1. The number of aliphatic hydroxyl groups excluding tert-OH is 1. The molecule has 2 aliphatic rings. The van der Waals surface area contributed by atoms with Gasteiger partial charge in [0.05, 0.1) is 18.4 Å². The van der Waals surface area contributed by atoms with Crippen LogP contribution in [-0.2, 0) is 17.9 Å². The van der Waals surface area contributed by atoms with Gasteiger partial charge in [-0.05, 0) is 18.6 Å². The molecular weight excluding hydrogens is 318 g/mol. The molecule has 2 saturated heterocycles. The number of ether oxygens (including phenoxy) is 1. The topological polar surface area (TPSA) is 62.0 Å². The highest BCUT2D eigenvalue weighted by Crippen LogP contribution is 2.31. The maximum atomic E-state index is 9.09. The molecule has 134 valence electrons. The number of hydrogen-bond donors (Lipinski definition) is 1. The lowest BCUT2D eigenvalue weighted by molar-refractivity contribution is 0.0530. The second-order valence-electron chi connectivity index (χ2n) is 7.02. The van der Waals surface area contributed by atoms with Crippen LogP contribution in [-0.4, -0.2) is 54.1 Å². The zero-order valence-corrected chi connectivity index (χ0v) is 14.6. The maximum absolute atomic E-state index is 9.09. The van der Waals surface area contributed by atoms with E-state index in [1.807, 2.05) is 6.07 Å². The van der Waals surface area contributed by atoms with Gasteiger partial charge in [-0.2, -0.15) is 0 Å². The molecule has 6 nitrogen and oxygen atoms in total. The van der Waals surface area contributed by atoms with E-state index in [2.05, 4.69) is 46.1 Å². The van der Waals surface area contributed by atoms with Gasteiger partial charge in [-0.25, -0.2) is 0 Å². The molecule has 0 aliphatic carbocycles. The molecule has 1 atom stereocenters. The summed E-state index contributed by atoms with van der Waals surface area (Å²) < 4.78 is 10.8. The van der Waals surface area contributed by atoms with Gasteiger partial charge in [-0.3, -0.25) is 4.90 Å². The van der Waals surface area contributed by atoms with Crippen LogP contribution >= 0.6 is 0 Å². The first kappa shape index (κ1) is 16.6. The highest BCUT2D eigenvalue weighted by molar-refractivity contribution is 5.54. The molecule has 1 unspecified atom stereocenters. The molecule has 2 aromatic rings. The minimum Gasteiger partial charge on any atom is -0.388 e. The second kappa shape index (κ2) is 7.15. The molecule has 1 aromatic heterocycles. The Morgan fingerprint density at radius 1 is 1.24 bits per heavy atom. The minimum atomic E-state index is -0.0885. The fourth-order valence-corrected chi connectivity index (χ4v) is 3.71. The highest BCUT2D eigenvalue weighted by atomic mass is 16.5. The molecule has 3 heterocycles. The lowest BCUT2D eigenvalue weighted by atomic mass is 9.95. The summed E-state index contributed by atoms with van der Waals surface area (Å²) in [6.07, 6.45) is 0.281. The van der Waals surface area contributed by atoms with Crippen molar-refractivity contribution in [1.29, 1.82) is 0 Å². The van der Waals surface area contributed by atoms with E-state index in [4.69, 9.17) is 14.4 Å². The van der Waals surface area contributed by atoms with Crippen molar-refractivity contribution in [3.8, 4) is 0 Å². The van der Waals surface area contributed by atoms with Crippen LogP contribution < -0.4 is 4.90 Å². The predicted molar refractivity (Wildman–Crippen MR) is 94.5 cm³/mol. The number of likely N-dealkylation sites (tertiary alicyclic amines) is 1. The smallest absolute Gasteiger partial charge is 0.162 e. The summed E-state index contributed by atoms with van der Waals surface area (Å²) >= 11 is 0. The number of benzene rings is 1. The highest BCUT2D eigenvalue weighted by Gasteiger charge is 2.31. The van der Waals surface area contributed by atoms with E-state index in [-0.39, 0.29) is 12.7 Å². The third-order valence-corrected chi connectivity index (χ3v) is 5.08. The molecule has 2 fully saturated rings. The van der Waals surface area contributed by atoms with E-state index in [1.165, 1.54) is 11.3 Å². The van der Waals surface area contributed by atoms with Gasteiger partial charge in [0.15, 0.2) is 5.76 Å². The molecule has 0 bridgehead atoms. The molecule has 4 rings (SSSR count). The lowest BCUT2D eigenvalue weighted by Crippen LogP contribution is -2.45. The molecule has 25 heavy (non-hydrogen) atoms. The third-order valence-electron chi connectivity index (χ3n) is 5.08. The number of nitrogens with zero attached hydrogens (tertiary/aromatic N) is 3. The predicted octanol–water partition coefficient (Wildman–Crippen LogP) is 1.99. The van der Waals surface area contributed by atoms with E-state index in [0.29, 0.717) is 11.7 Å². The Balaban J connectivity index is 1.39. The van der Waals surface area contributed by atoms with Crippen LogP contribution in [0.3, 0.4) is 0 Å². The number of hydrogen-bond acceptors (Lipinski definition) is 6. The van der Waals surface area contributed by atoms with Gasteiger partial charge in [0.2, 0.25) is 0 Å². The Morgan fingerprint density at radius 2 is 2.08 bits per heavy atom. The first-order valence-electron chi connectivity index (χ1n) is 8.96. The average Bonchev–Trinajstić information content (AvgIpc) is 3.06. The molecule has 1 aromatic carbocycles. The normalized spacial score (nSPS) is 22.2. The number of para-hydroxylation sites is 1. The zero-order valence-electron chi connectivity index (χ0n) is 14.6. The summed E-state index contributed by atoms with van der Waals surface area (Å²) in [5, 5.41) is 13.2. The third kappa shape index (κ3) is 3.56. The Bertz CT molecular complexity index is 711. The van der Waals surface area contributed by atoms with Crippen LogP contribution in [0.1, 0.15) is 29.9 Å². The fourth-order valence-electron chi connectivity index (χ4n) is 3.71. The van der Waals surface area contributed by atoms with E-state index in [1.54, 1.807) is 0 Å². The van der Waals surface area contributed by atoms with Crippen LogP contribution in [0.5, 0.6) is 0 Å². The summed E-state index contributed by atoms with van der Waals surface area (Å²) in [6, 6.07) is 10.5. The van der Waals surface area contributed by atoms with Crippen molar-refractivity contribution in [3.63, 3.8) is 0 Å². The molecule has 6 heteroatoms.